The van der Waals surface area contributed by atoms with Crippen LogP contribution in [0.3, 0.4) is 0 Å². The Hall–Kier alpha value is -0.770. The van der Waals surface area contributed by atoms with Crippen molar-refractivity contribution in [2.24, 2.45) is 5.92 Å². The molecule has 0 aliphatic carbocycles. The molecule has 0 radical (unpaired) electrons. The number of aliphatic hydroxyl groups is 1. The lowest BCUT2D eigenvalue weighted by molar-refractivity contribution is 0.0719. The van der Waals surface area contributed by atoms with Crippen molar-refractivity contribution in [3.05, 3.63) is 0 Å². The summed E-state index contributed by atoms with van der Waals surface area (Å²) in [6.45, 7) is 5.78. The topological polar surface area (TPSA) is 49.8 Å². The number of aliphatic hydroxyl groups excluding tert-OH is 1. The molecular weight excluding hydrogens is 206 g/mol. The molecule has 1 amide bonds. The second-order valence-corrected chi connectivity index (χ2v) is 4.81. The molecule has 0 aromatic heterocycles. The van der Waals surface area contributed by atoms with Crippen LogP contribution in [0.5, 0.6) is 0 Å². The van der Waals surface area contributed by atoms with Crippen LogP contribution in [0.1, 0.15) is 39.5 Å². The van der Waals surface area contributed by atoms with Crippen LogP contribution in [0.4, 0.5) is 4.79 Å². The number of likely N-dealkylation sites (tertiary alicyclic amines) is 1. The molecule has 0 spiro atoms. The lowest BCUT2D eigenvalue weighted by Gasteiger charge is -2.26. The largest absolute Gasteiger partial charge is 0.449 e. The van der Waals surface area contributed by atoms with Crippen molar-refractivity contribution < 1.29 is 14.6 Å². The molecule has 1 aliphatic rings. The molecule has 0 aromatic rings. The minimum Gasteiger partial charge on any atom is -0.449 e. The summed E-state index contributed by atoms with van der Waals surface area (Å²) in [6.07, 6.45) is 3.52. The summed E-state index contributed by atoms with van der Waals surface area (Å²) >= 11 is 0. The summed E-state index contributed by atoms with van der Waals surface area (Å²) < 4.78 is 5.22. The van der Waals surface area contributed by atoms with Gasteiger partial charge in [0.1, 0.15) is 0 Å². The second kappa shape index (κ2) is 6.74. The Morgan fingerprint density at radius 3 is 2.50 bits per heavy atom. The first-order chi connectivity index (χ1) is 7.59. The van der Waals surface area contributed by atoms with Crippen LogP contribution in [0.15, 0.2) is 0 Å². The third kappa shape index (κ3) is 4.84. The molecule has 0 aromatic carbocycles. The summed E-state index contributed by atoms with van der Waals surface area (Å²) in [5.41, 5.74) is 0. The Morgan fingerprint density at radius 2 is 1.94 bits per heavy atom. The number of carbonyl (C=O) groups is 1. The maximum absolute atomic E-state index is 11.6. The fraction of sp³-hybridized carbons (Fsp3) is 0.917. The first-order valence-electron chi connectivity index (χ1n) is 6.19. The quantitative estimate of drug-likeness (QED) is 0.802. The van der Waals surface area contributed by atoms with Gasteiger partial charge in [0.05, 0.1) is 12.7 Å². The van der Waals surface area contributed by atoms with Crippen LogP contribution in [-0.4, -0.2) is 41.9 Å². The van der Waals surface area contributed by atoms with E-state index in [1.54, 1.807) is 11.8 Å². The predicted molar refractivity (Wildman–Crippen MR) is 62.2 cm³/mol. The molecule has 0 saturated carbocycles. The van der Waals surface area contributed by atoms with Gasteiger partial charge in [0.25, 0.3) is 0 Å². The Morgan fingerprint density at radius 1 is 1.31 bits per heavy atom. The Kier molecular flexibility index (Phi) is 5.60. The number of ether oxygens (including phenoxy) is 1. The van der Waals surface area contributed by atoms with Gasteiger partial charge in [-0.2, -0.15) is 0 Å². The van der Waals surface area contributed by atoms with E-state index in [0.717, 1.165) is 25.9 Å². The van der Waals surface area contributed by atoms with Gasteiger partial charge < -0.3 is 14.7 Å². The second-order valence-electron chi connectivity index (χ2n) is 4.81. The lowest BCUT2D eigenvalue weighted by atomic mass is 10.1. The molecule has 1 heterocycles. The fourth-order valence-electron chi connectivity index (χ4n) is 2.03. The SMILES string of the molecule is CC(O)CC(C)COC(=O)N1CCCCC1. The first kappa shape index (κ1) is 13.3. The number of piperidine rings is 1. The molecule has 1 fully saturated rings. The van der Waals surface area contributed by atoms with Crippen LogP contribution in [0.2, 0.25) is 0 Å². The first-order valence-corrected chi connectivity index (χ1v) is 6.19. The zero-order chi connectivity index (χ0) is 12.0. The van der Waals surface area contributed by atoms with Crippen LogP contribution < -0.4 is 0 Å². The zero-order valence-corrected chi connectivity index (χ0v) is 10.3. The minimum atomic E-state index is -0.330. The van der Waals surface area contributed by atoms with Crippen molar-refractivity contribution in [1.29, 1.82) is 0 Å². The maximum Gasteiger partial charge on any atom is 0.409 e. The Labute approximate surface area is 97.6 Å². The predicted octanol–water partition coefficient (Wildman–Crippen LogP) is 2.02. The van der Waals surface area contributed by atoms with E-state index in [-0.39, 0.29) is 18.1 Å². The van der Waals surface area contributed by atoms with Crippen molar-refractivity contribution in [2.45, 2.75) is 45.6 Å². The molecule has 2 unspecified atom stereocenters. The van der Waals surface area contributed by atoms with Gasteiger partial charge in [0.15, 0.2) is 0 Å². The van der Waals surface area contributed by atoms with Crippen LogP contribution in [0, 0.1) is 5.92 Å². The molecule has 1 aliphatic heterocycles. The average Bonchev–Trinajstić information content (AvgIpc) is 2.26. The summed E-state index contributed by atoms with van der Waals surface area (Å²) in [6, 6.07) is 0. The van der Waals surface area contributed by atoms with E-state index in [2.05, 4.69) is 0 Å². The summed E-state index contributed by atoms with van der Waals surface area (Å²) in [5, 5.41) is 9.19. The van der Waals surface area contributed by atoms with Gasteiger partial charge >= 0.3 is 6.09 Å². The summed E-state index contributed by atoms with van der Waals surface area (Å²) in [7, 11) is 0. The molecule has 2 atom stereocenters. The highest BCUT2D eigenvalue weighted by atomic mass is 16.6. The van der Waals surface area contributed by atoms with E-state index >= 15 is 0 Å². The van der Waals surface area contributed by atoms with Crippen molar-refractivity contribution >= 4 is 6.09 Å². The minimum absolute atomic E-state index is 0.197. The normalized spacial score (nSPS) is 20.3. The summed E-state index contributed by atoms with van der Waals surface area (Å²) in [5.74, 6) is 0.216. The van der Waals surface area contributed by atoms with Gasteiger partial charge in [-0.3, -0.25) is 0 Å². The number of carbonyl (C=O) groups excluding carboxylic acids is 1. The maximum atomic E-state index is 11.6. The Balaban J connectivity index is 2.18. The van der Waals surface area contributed by atoms with E-state index in [1.807, 2.05) is 6.92 Å². The molecule has 1 rings (SSSR count). The van der Waals surface area contributed by atoms with Gasteiger partial charge in [0, 0.05) is 13.1 Å². The molecule has 16 heavy (non-hydrogen) atoms. The third-order valence-electron chi connectivity index (χ3n) is 2.85. The molecule has 1 N–H and O–H groups in total. The van der Waals surface area contributed by atoms with Crippen molar-refractivity contribution in [3.63, 3.8) is 0 Å². The van der Waals surface area contributed by atoms with Gasteiger partial charge in [-0.25, -0.2) is 4.79 Å². The van der Waals surface area contributed by atoms with Crippen LogP contribution in [0.25, 0.3) is 0 Å². The van der Waals surface area contributed by atoms with Gasteiger partial charge in [0.2, 0.25) is 0 Å². The number of hydrogen-bond acceptors (Lipinski definition) is 3. The van der Waals surface area contributed by atoms with E-state index in [4.69, 9.17) is 4.74 Å². The average molecular weight is 229 g/mol. The van der Waals surface area contributed by atoms with Crippen molar-refractivity contribution in [1.82, 2.24) is 4.90 Å². The van der Waals surface area contributed by atoms with Gasteiger partial charge in [-0.1, -0.05) is 6.92 Å². The van der Waals surface area contributed by atoms with Crippen molar-refractivity contribution in [2.75, 3.05) is 19.7 Å². The molecule has 0 bridgehead atoms. The van der Waals surface area contributed by atoms with E-state index in [9.17, 15) is 9.90 Å². The van der Waals surface area contributed by atoms with E-state index < -0.39 is 0 Å². The smallest absolute Gasteiger partial charge is 0.409 e. The lowest BCUT2D eigenvalue weighted by Crippen LogP contribution is -2.36. The molecular formula is C12H23NO3. The molecule has 4 heteroatoms. The van der Waals surface area contributed by atoms with Crippen molar-refractivity contribution in [3.8, 4) is 0 Å². The number of nitrogens with zero attached hydrogens (tertiary/aromatic N) is 1. The van der Waals surface area contributed by atoms with Crippen LogP contribution >= 0.6 is 0 Å². The summed E-state index contributed by atoms with van der Waals surface area (Å²) in [4.78, 5) is 13.4. The van der Waals surface area contributed by atoms with E-state index in [1.165, 1.54) is 6.42 Å². The Bertz CT molecular complexity index is 212. The van der Waals surface area contributed by atoms with Gasteiger partial charge in [-0.15, -0.1) is 0 Å². The fourth-order valence-corrected chi connectivity index (χ4v) is 2.03. The standard InChI is InChI=1S/C12H23NO3/c1-10(8-11(2)14)9-16-12(15)13-6-4-3-5-7-13/h10-11,14H,3-9H2,1-2H3. The highest BCUT2D eigenvalue weighted by molar-refractivity contribution is 5.67. The third-order valence-corrected chi connectivity index (χ3v) is 2.85. The number of hydrogen-bond donors (Lipinski definition) is 1. The highest BCUT2D eigenvalue weighted by Gasteiger charge is 2.18. The number of rotatable bonds is 4. The van der Waals surface area contributed by atoms with E-state index in [0.29, 0.717) is 13.0 Å². The molecule has 94 valence electrons. The van der Waals surface area contributed by atoms with Gasteiger partial charge in [-0.05, 0) is 38.5 Å². The highest BCUT2D eigenvalue weighted by Crippen LogP contribution is 2.11. The molecule has 4 nitrogen and oxygen atoms in total. The molecule has 1 saturated heterocycles. The monoisotopic (exact) mass is 229 g/mol. The number of amides is 1. The zero-order valence-electron chi connectivity index (χ0n) is 10.3. The van der Waals surface area contributed by atoms with Crippen LogP contribution in [-0.2, 0) is 4.74 Å².